The van der Waals surface area contributed by atoms with E-state index in [0.717, 1.165) is 10.2 Å². The van der Waals surface area contributed by atoms with Gasteiger partial charge in [0.25, 0.3) is 5.91 Å². The Labute approximate surface area is 190 Å². The van der Waals surface area contributed by atoms with Crippen LogP contribution >= 0.6 is 34.5 Å². The van der Waals surface area contributed by atoms with E-state index in [1.807, 2.05) is 24.3 Å². The summed E-state index contributed by atoms with van der Waals surface area (Å²) in [6, 6.07) is 16.6. The summed E-state index contributed by atoms with van der Waals surface area (Å²) in [4.78, 5) is 27.7. The van der Waals surface area contributed by atoms with Gasteiger partial charge in [0.2, 0.25) is 0 Å². The highest BCUT2D eigenvalue weighted by Gasteiger charge is 2.19. The molecule has 4 rings (SSSR count). The lowest BCUT2D eigenvalue weighted by Crippen LogP contribution is -2.21. The number of aromatic nitrogens is 1. The van der Waals surface area contributed by atoms with Crippen LogP contribution in [0.5, 0.6) is 5.75 Å². The SMILES string of the molecule is O=C(COc1ccccc1[N+](=O)[O-])Nc1c(Cl)cc(Cl)cc1-c1nc2ccccc2s1. The van der Waals surface area contributed by atoms with Gasteiger partial charge in [-0.1, -0.05) is 47.5 Å². The standard InChI is InChI=1S/C21H13Cl2N3O4S/c22-12-9-13(21-24-15-5-1-4-8-18(15)31-21)20(14(23)10-12)25-19(27)11-30-17-7-3-2-6-16(17)26(28)29/h1-10H,11H2,(H,25,27). The molecule has 0 saturated heterocycles. The lowest BCUT2D eigenvalue weighted by atomic mass is 10.2. The molecule has 156 valence electrons. The number of para-hydroxylation sites is 3. The fourth-order valence-corrected chi connectivity index (χ4v) is 4.43. The summed E-state index contributed by atoms with van der Waals surface area (Å²) in [6.45, 7) is -0.441. The van der Waals surface area contributed by atoms with Crippen molar-refractivity contribution in [2.75, 3.05) is 11.9 Å². The molecule has 0 aliphatic carbocycles. The Morgan fingerprint density at radius 2 is 1.87 bits per heavy atom. The average molecular weight is 474 g/mol. The van der Waals surface area contributed by atoms with Gasteiger partial charge in [-0.05, 0) is 30.3 Å². The maximum absolute atomic E-state index is 12.5. The monoisotopic (exact) mass is 473 g/mol. The number of nitro groups is 1. The fourth-order valence-electron chi connectivity index (χ4n) is 2.91. The van der Waals surface area contributed by atoms with Gasteiger partial charge in [-0.25, -0.2) is 4.98 Å². The molecule has 0 bridgehead atoms. The third-order valence-electron chi connectivity index (χ3n) is 4.26. The molecule has 1 heterocycles. The number of fused-ring (bicyclic) bond motifs is 1. The first-order valence-electron chi connectivity index (χ1n) is 8.93. The van der Waals surface area contributed by atoms with Crippen molar-refractivity contribution in [3.63, 3.8) is 0 Å². The fraction of sp³-hybridized carbons (Fsp3) is 0.0476. The topological polar surface area (TPSA) is 94.4 Å². The summed E-state index contributed by atoms with van der Waals surface area (Å²) in [6.07, 6.45) is 0. The highest BCUT2D eigenvalue weighted by Crippen LogP contribution is 2.40. The molecular weight excluding hydrogens is 461 g/mol. The Balaban J connectivity index is 1.60. The van der Waals surface area contributed by atoms with Crippen molar-refractivity contribution in [3.8, 4) is 16.3 Å². The lowest BCUT2D eigenvalue weighted by molar-refractivity contribution is -0.385. The van der Waals surface area contributed by atoms with Crippen LogP contribution in [0.25, 0.3) is 20.8 Å². The summed E-state index contributed by atoms with van der Waals surface area (Å²) in [7, 11) is 0. The van der Waals surface area contributed by atoms with Crippen LogP contribution in [-0.4, -0.2) is 22.4 Å². The Morgan fingerprint density at radius 3 is 2.65 bits per heavy atom. The van der Waals surface area contributed by atoms with Crippen molar-refractivity contribution in [1.82, 2.24) is 4.98 Å². The molecule has 0 unspecified atom stereocenters. The first-order chi connectivity index (χ1) is 14.9. The summed E-state index contributed by atoms with van der Waals surface area (Å²) in [5, 5.41) is 15.1. The molecule has 3 aromatic carbocycles. The highest BCUT2D eigenvalue weighted by molar-refractivity contribution is 7.21. The van der Waals surface area contributed by atoms with E-state index in [1.54, 1.807) is 12.1 Å². The predicted octanol–water partition coefficient (Wildman–Crippen LogP) is 6.20. The minimum Gasteiger partial charge on any atom is -0.477 e. The van der Waals surface area contributed by atoms with Crippen LogP contribution in [-0.2, 0) is 4.79 Å². The molecule has 0 radical (unpaired) electrons. The molecule has 4 aromatic rings. The zero-order valence-electron chi connectivity index (χ0n) is 15.7. The second kappa shape index (κ2) is 8.89. The van der Waals surface area contributed by atoms with Crippen molar-refractivity contribution in [2.24, 2.45) is 0 Å². The number of carbonyl (C=O) groups excluding carboxylic acids is 1. The smallest absolute Gasteiger partial charge is 0.310 e. The van der Waals surface area contributed by atoms with E-state index in [-0.39, 0.29) is 16.5 Å². The number of anilines is 1. The van der Waals surface area contributed by atoms with Crippen molar-refractivity contribution < 1.29 is 14.5 Å². The number of hydrogen-bond donors (Lipinski definition) is 1. The van der Waals surface area contributed by atoms with Gasteiger partial charge in [0, 0.05) is 16.7 Å². The number of nitrogens with one attached hydrogen (secondary N) is 1. The third-order valence-corrected chi connectivity index (χ3v) is 5.85. The molecule has 0 fully saturated rings. The summed E-state index contributed by atoms with van der Waals surface area (Å²) >= 11 is 14.0. The molecule has 0 aliphatic rings. The Kier molecular flexibility index (Phi) is 6.03. The number of nitro benzene ring substituents is 1. The number of nitrogens with zero attached hydrogens (tertiary/aromatic N) is 2. The molecular formula is C21H13Cl2N3O4S. The number of rotatable bonds is 6. The van der Waals surface area contributed by atoms with Crippen molar-refractivity contribution in [2.45, 2.75) is 0 Å². The van der Waals surface area contributed by atoms with Crippen LogP contribution in [0.15, 0.2) is 60.7 Å². The number of ether oxygens (including phenoxy) is 1. The zero-order valence-corrected chi connectivity index (χ0v) is 18.0. The molecule has 7 nitrogen and oxygen atoms in total. The van der Waals surface area contributed by atoms with E-state index < -0.39 is 17.4 Å². The molecule has 1 amide bonds. The minimum atomic E-state index is -0.575. The third kappa shape index (κ3) is 4.61. The van der Waals surface area contributed by atoms with E-state index in [2.05, 4.69) is 10.3 Å². The van der Waals surface area contributed by atoms with Gasteiger partial charge >= 0.3 is 5.69 Å². The number of carbonyl (C=O) groups is 1. The first kappa shape index (κ1) is 21.0. The van der Waals surface area contributed by atoms with Gasteiger partial charge in [0.05, 0.1) is 25.8 Å². The average Bonchev–Trinajstić information content (AvgIpc) is 3.18. The predicted molar refractivity (Wildman–Crippen MR) is 122 cm³/mol. The Bertz CT molecular complexity index is 1280. The van der Waals surface area contributed by atoms with Crippen molar-refractivity contribution in [3.05, 3.63) is 80.8 Å². The number of amides is 1. The van der Waals surface area contributed by atoms with Gasteiger partial charge < -0.3 is 10.1 Å². The molecule has 0 spiro atoms. The van der Waals surface area contributed by atoms with Crippen LogP contribution in [0.4, 0.5) is 11.4 Å². The number of halogens is 2. The van der Waals surface area contributed by atoms with Gasteiger partial charge in [-0.15, -0.1) is 11.3 Å². The van der Waals surface area contributed by atoms with Crippen LogP contribution < -0.4 is 10.1 Å². The summed E-state index contributed by atoms with van der Waals surface area (Å²) < 4.78 is 6.33. The van der Waals surface area contributed by atoms with Crippen LogP contribution in [0.2, 0.25) is 10.0 Å². The van der Waals surface area contributed by atoms with E-state index in [4.69, 9.17) is 27.9 Å². The van der Waals surface area contributed by atoms with E-state index in [9.17, 15) is 14.9 Å². The second-order valence-electron chi connectivity index (χ2n) is 6.36. The molecule has 0 saturated carbocycles. The second-order valence-corrected chi connectivity index (χ2v) is 8.23. The lowest BCUT2D eigenvalue weighted by Gasteiger charge is -2.13. The number of hydrogen-bond acceptors (Lipinski definition) is 6. The largest absolute Gasteiger partial charge is 0.477 e. The zero-order chi connectivity index (χ0) is 22.0. The molecule has 1 N–H and O–H groups in total. The molecule has 1 aromatic heterocycles. The van der Waals surface area contributed by atoms with E-state index in [0.29, 0.717) is 21.3 Å². The van der Waals surface area contributed by atoms with Crippen molar-refractivity contribution >= 4 is 62.0 Å². The van der Waals surface area contributed by atoms with Crippen LogP contribution in [0.3, 0.4) is 0 Å². The summed E-state index contributed by atoms with van der Waals surface area (Å²) in [5.74, 6) is -0.541. The highest BCUT2D eigenvalue weighted by atomic mass is 35.5. The number of benzene rings is 3. The first-order valence-corrected chi connectivity index (χ1v) is 10.5. The summed E-state index contributed by atoms with van der Waals surface area (Å²) in [5.41, 5.74) is 1.49. The van der Waals surface area contributed by atoms with E-state index >= 15 is 0 Å². The van der Waals surface area contributed by atoms with Crippen LogP contribution in [0.1, 0.15) is 0 Å². The Morgan fingerprint density at radius 1 is 1.13 bits per heavy atom. The van der Waals surface area contributed by atoms with Crippen LogP contribution in [0, 0.1) is 10.1 Å². The normalized spacial score (nSPS) is 10.8. The van der Waals surface area contributed by atoms with Gasteiger partial charge in [0.1, 0.15) is 5.01 Å². The van der Waals surface area contributed by atoms with Crippen molar-refractivity contribution in [1.29, 1.82) is 0 Å². The molecule has 0 atom stereocenters. The van der Waals surface area contributed by atoms with Gasteiger partial charge in [-0.2, -0.15) is 0 Å². The van der Waals surface area contributed by atoms with E-state index in [1.165, 1.54) is 35.6 Å². The molecule has 10 heteroatoms. The maximum atomic E-state index is 12.5. The maximum Gasteiger partial charge on any atom is 0.310 e. The number of thiazole rings is 1. The molecule has 0 aliphatic heterocycles. The Hall–Kier alpha value is -3.20. The van der Waals surface area contributed by atoms with Gasteiger partial charge in [0.15, 0.2) is 12.4 Å². The molecule has 31 heavy (non-hydrogen) atoms. The quantitative estimate of drug-likeness (QED) is 0.265. The minimum absolute atomic E-state index is 0.00347. The van der Waals surface area contributed by atoms with Gasteiger partial charge in [-0.3, -0.25) is 14.9 Å².